The van der Waals surface area contributed by atoms with E-state index in [2.05, 4.69) is 35.2 Å². The van der Waals surface area contributed by atoms with Gasteiger partial charge >= 0.3 is 0 Å². The summed E-state index contributed by atoms with van der Waals surface area (Å²) in [6.07, 6.45) is 7.15. The van der Waals surface area contributed by atoms with Crippen molar-refractivity contribution in [1.29, 1.82) is 0 Å². The smallest absolute Gasteiger partial charge is 0.216 e. The predicted molar refractivity (Wildman–Crippen MR) is 111 cm³/mol. The predicted octanol–water partition coefficient (Wildman–Crippen LogP) is 3.40. The van der Waals surface area contributed by atoms with Crippen molar-refractivity contribution in [2.24, 2.45) is 11.8 Å². The van der Waals surface area contributed by atoms with Crippen molar-refractivity contribution in [3.05, 3.63) is 41.5 Å². The molecule has 0 radical (unpaired) electrons. The molecule has 1 aromatic carbocycles. The van der Waals surface area contributed by atoms with E-state index < -0.39 is 10.0 Å². The highest BCUT2D eigenvalue weighted by atomic mass is 32.2. The quantitative estimate of drug-likeness (QED) is 0.750. The van der Waals surface area contributed by atoms with Crippen molar-refractivity contribution in [3.8, 4) is 0 Å². The average Bonchev–Trinajstić information content (AvgIpc) is 3.37. The minimum atomic E-state index is -3.15. The van der Waals surface area contributed by atoms with Crippen LogP contribution in [-0.4, -0.2) is 55.6 Å². The molecule has 0 N–H and O–H groups in total. The van der Waals surface area contributed by atoms with Crippen LogP contribution in [0.15, 0.2) is 30.3 Å². The van der Waals surface area contributed by atoms with Gasteiger partial charge in [-0.25, -0.2) is 12.7 Å². The Morgan fingerprint density at radius 2 is 1.78 bits per heavy atom. The highest BCUT2D eigenvalue weighted by molar-refractivity contribution is 7.89. The fraction of sp³-hybridized carbons (Fsp3) is 0.636. The number of allylic oxidation sites excluding steroid dienone is 1. The first-order valence-corrected chi connectivity index (χ1v) is 12.0. The van der Waals surface area contributed by atoms with E-state index in [9.17, 15) is 8.42 Å². The van der Waals surface area contributed by atoms with Gasteiger partial charge in [-0.3, -0.25) is 0 Å². The van der Waals surface area contributed by atoms with Gasteiger partial charge in [0.05, 0.1) is 5.25 Å². The van der Waals surface area contributed by atoms with Gasteiger partial charge in [0, 0.05) is 25.6 Å². The number of hydrogen-bond donors (Lipinski definition) is 0. The molecule has 2 heterocycles. The molecule has 3 aliphatic rings. The van der Waals surface area contributed by atoms with Crippen molar-refractivity contribution in [2.75, 3.05) is 32.7 Å². The molecule has 1 aliphatic carbocycles. The van der Waals surface area contributed by atoms with Crippen molar-refractivity contribution in [2.45, 2.75) is 44.8 Å². The molecular weight excluding hydrogens is 356 g/mol. The molecule has 0 spiro atoms. The van der Waals surface area contributed by atoms with Crippen molar-refractivity contribution in [1.82, 2.24) is 9.21 Å². The molecule has 2 saturated heterocycles. The van der Waals surface area contributed by atoms with Crippen LogP contribution in [0.4, 0.5) is 0 Å². The molecule has 0 bridgehead atoms. The van der Waals surface area contributed by atoms with Crippen molar-refractivity contribution < 1.29 is 8.42 Å². The van der Waals surface area contributed by atoms with Gasteiger partial charge in [0.15, 0.2) is 0 Å². The molecule has 2 fully saturated rings. The number of likely N-dealkylation sites (tertiary alicyclic amines) is 1. The maximum Gasteiger partial charge on any atom is 0.216 e. The lowest BCUT2D eigenvalue weighted by atomic mass is 9.90. The monoisotopic (exact) mass is 388 g/mol. The number of rotatable bonds is 6. The maximum atomic E-state index is 12.5. The van der Waals surface area contributed by atoms with Crippen LogP contribution < -0.4 is 0 Å². The van der Waals surface area contributed by atoms with E-state index in [0.29, 0.717) is 24.9 Å². The van der Waals surface area contributed by atoms with E-state index in [0.717, 1.165) is 19.4 Å². The lowest BCUT2D eigenvalue weighted by molar-refractivity contribution is 0.343. The Bertz CT molecular complexity index is 792. The molecule has 0 saturated carbocycles. The summed E-state index contributed by atoms with van der Waals surface area (Å²) in [6.45, 7) is 8.55. The van der Waals surface area contributed by atoms with Crippen LogP contribution >= 0.6 is 0 Å². The molecule has 5 heteroatoms. The summed E-state index contributed by atoms with van der Waals surface area (Å²) in [5.74, 6) is 0.803. The van der Waals surface area contributed by atoms with E-state index in [4.69, 9.17) is 0 Å². The number of fused-ring (bicyclic) bond motifs is 1. The summed E-state index contributed by atoms with van der Waals surface area (Å²) >= 11 is 0. The molecule has 0 amide bonds. The fourth-order valence-corrected chi connectivity index (χ4v) is 6.21. The second-order valence-electron chi connectivity index (χ2n) is 8.67. The summed E-state index contributed by atoms with van der Waals surface area (Å²) in [4.78, 5) is 2.56. The van der Waals surface area contributed by atoms with Gasteiger partial charge < -0.3 is 4.90 Å². The molecule has 27 heavy (non-hydrogen) atoms. The molecule has 4 nitrogen and oxygen atoms in total. The van der Waals surface area contributed by atoms with Crippen LogP contribution in [0.1, 0.15) is 44.2 Å². The summed E-state index contributed by atoms with van der Waals surface area (Å²) < 4.78 is 26.8. The first-order chi connectivity index (χ1) is 12.9. The number of hydrogen-bond acceptors (Lipinski definition) is 3. The average molecular weight is 389 g/mol. The van der Waals surface area contributed by atoms with E-state index in [-0.39, 0.29) is 5.25 Å². The van der Waals surface area contributed by atoms with E-state index in [1.165, 1.54) is 42.6 Å². The summed E-state index contributed by atoms with van der Waals surface area (Å²) in [6, 6.07) is 9.01. The first-order valence-electron chi connectivity index (χ1n) is 10.5. The zero-order chi connectivity index (χ0) is 19.0. The van der Waals surface area contributed by atoms with Crippen LogP contribution in [-0.2, 0) is 16.4 Å². The minimum absolute atomic E-state index is 0.335. The van der Waals surface area contributed by atoms with Gasteiger partial charge in [-0.2, -0.15) is 0 Å². The van der Waals surface area contributed by atoms with Crippen LogP contribution in [0.3, 0.4) is 0 Å². The fourth-order valence-electron chi connectivity index (χ4n) is 4.85. The molecule has 4 rings (SSSR count). The van der Waals surface area contributed by atoms with Crippen LogP contribution in [0.5, 0.6) is 0 Å². The lowest BCUT2D eigenvalue weighted by Gasteiger charge is -2.20. The summed E-state index contributed by atoms with van der Waals surface area (Å²) in [7, 11) is -3.15. The number of nitrogens with zero attached hydrogens (tertiary/aromatic N) is 2. The maximum absolute atomic E-state index is 12.5. The Morgan fingerprint density at radius 3 is 2.44 bits per heavy atom. The molecule has 2 atom stereocenters. The Balaban J connectivity index is 1.40. The molecule has 0 aromatic heterocycles. The third-order valence-corrected chi connectivity index (χ3v) is 8.82. The second kappa shape index (κ2) is 7.69. The normalized spacial score (nSPS) is 26.7. The van der Waals surface area contributed by atoms with E-state index >= 15 is 0 Å². The standard InChI is InChI=1S/C22H32N2O2S/c1-17(2)27(25,26)24-15-20-9-10-21(22(20)16-24)19-7-5-18(6-8-19)11-14-23-12-3-4-13-23/h5-8,10,17,20,22H,3-4,9,11-16H2,1-2H3/t20-,22+/m1/s1. The van der Waals surface area contributed by atoms with E-state index in [1.807, 2.05) is 0 Å². The van der Waals surface area contributed by atoms with Crippen molar-refractivity contribution in [3.63, 3.8) is 0 Å². The molecule has 148 valence electrons. The largest absolute Gasteiger partial charge is 0.303 e. The SMILES string of the molecule is CC(C)S(=O)(=O)N1C[C@H]2CC=C(c3ccc(CCN4CCCC4)cc3)[C@H]2C1. The van der Waals surface area contributed by atoms with E-state index in [1.54, 1.807) is 18.2 Å². The zero-order valence-electron chi connectivity index (χ0n) is 16.6. The van der Waals surface area contributed by atoms with Crippen LogP contribution in [0.2, 0.25) is 0 Å². The lowest BCUT2D eigenvalue weighted by Crippen LogP contribution is -2.35. The highest BCUT2D eigenvalue weighted by Crippen LogP contribution is 2.44. The van der Waals surface area contributed by atoms with Gasteiger partial charge in [0.25, 0.3) is 0 Å². The van der Waals surface area contributed by atoms with Crippen LogP contribution in [0, 0.1) is 11.8 Å². The molecular formula is C22H32N2O2S. The van der Waals surface area contributed by atoms with Gasteiger partial charge in [-0.15, -0.1) is 0 Å². The topological polar surface area (TPSA) is 40.6 Å². The molecule has 2 aliphatic heterocycles. The summed E-state index contributed by atoms with van der Waals surface area (Å²) in [5, 5.41) is -0.335. The van der Waals surface area contributed by atoms with Crippen molar-refractivity contribution >= 4 is 15.6 Å². The van der Waals surface area contributed by atoms with Crippen LogP contribution in [0.25, 0.3) is 5.57 Å². The Kier molecular flexibility index (Phi) is 5.45. The first kappa shape index (κ1) is 19.2. The third-order valence-electron chi connectivity index (χ3n) is 6.61. The second-order valence-corrected chi connectivity index (χ2v) is 11.2. The zero-order valence-corrected chi connectivity index (χ0v) is 17.4. The molecule has 1 aromatic rings. The minimum Gasteiger partial charge on any atom is -0.303 e. The van der Waals surface area contributed by atoms with Gasteiger partial charge in [-0.05, 0) is 75.2 Å². The third kappa shape index (κ3) is 3.87. The Hall–Kier alpha value is -1.17. The van der Waals surface area contributed by atoms with Gasteiger partial charge in [0.2, 0.25) is 10.0 Å². The highest BCUT2D eigenvalue weighted by Gasteiger charge is 2.43. The Morgan fingerprint density at radius 1 is 1.07 bits per heavy atom. The molecule has 0 unspecified atom stereocenters. The number of benzene rings is 1. The van der Waals surface area contributed by atoms with Gasteiger partial charge in [0.1, 0.15) is 0 Å². The number of sulfonamides is 1. The van der Waals surface area contributed by atoms with Gasteiger partial charge in [-0.1, -0.05) is 30.3 Å². The Labute approximate surface area is 164 Å². The summed E-state index contributed by atoms with van der Waals surface area (Å²) in [5.41, 5.74) is 4.03.